The highest BCUT2D eigenvalue weighted by molar-refractivity contribution is 6.32. The summed E-state index contributed by atoms with van der Waals surface area (Å²) in [5.41, 5.74) is 1.32. The van der Waals surface area contributed by atoms with Crippen LogP contribution in [0.1, 0.15) is 15.9 Å². The number of hydrogen-bond donors (Lipinski definition) is 1. The van der Waals surface area contributed by atoms with Crippen LogP contribution in [-0.4, -0.2) is 19.1 Å². The Balaban J connectivity index is 1.82. The third-order valence-corrected chi connectivity index (χ3v) is 3.13. The minimum atomic E-state index is -0.439. The molecule has 0 saturated carbocycles. The van der Waals surface area contributed by atoms with E-state index in [4.69, 9.17) is 16.3 Å². The Morgan fingerprint density at radius 2 is 2.10 bits per heavy atom. The molecule has 0 bridgehead atoms. The van der Waals surface area contributed by atoms with Crippen molar-refractivity contribution in [1.82, 2.24) is 5.32 Å². The van der Waals surface area contributed by atoms with Crippen LogP contribution in [0.25, 0.3) is 0 Å². The van der Waals surface area contributed by atoms with Gasteiger partial charge in [0, 0.05) is 5.56 Å². The van der Waals surface area contributed by atoms with Crippen molar-refractivity contribution < 1.29 is 13.9 Å². The summed E-state index contributed by atoms with van der Waals surface area (Å²) in [4.78, 5) is 11.8. The predicted octanol–water partition coefficient (Wildman–Crippen LogP) is 3.60. The number of hydrogen-bond acceptors (Lipinski definition) is 2. The Kier molecular flexibility index (Phi) is 5.17. The van der Waals surface area contributed by atoms with E-state index in [-0.39, 0.29) is 18.1 Å². The van der Waals surface area contributed by atoms with Gasteiger partial charge in [-0.05, 0) is 42.8 Å². The van der Waals surface area contributed by atoms with Crippen LogP contribution >= 0.6 is 11.6 Å². The van der Waals surface area contributed by atoms with Crippen molar-refractivity contribution in [3.8, 4) is 5.75 Å². The van der Waals surface area contributed by atoms with E-state index < -0.39 is 5.82 Å². The molecule has 2 aromatic carbocycles. The fraction of sp³-hybridized carbons (Fsp3) is 0.188. The van der Waals surface area contributed by atoms with Crippen LogP contribution in [-0.2, 0) is 0 Å². The van der Waals surface area contributed by atoms with E-state index in [1.54, 1.807) is 12.1 Å². The van der Waals surface area contributed by atoms with Crippen LogP contribution in [0.2, 0.25) is 5.02 Å². The number of aryl methyl sites for hydroxylation is 1. The highest BCUT2D eigenvalue weighted by atomic mass is 35.5. The normalized spacial score (nSPS) is 10.2. The number of nitrogens with one attached hydrogen (secondary N) is 1. The standard InChI is InChI=1S/C16H15ClFNO2/c1-11-5-6-14(17)15(9-11)21-8-7-19-16(20)12-3-2-4-13(18)10-12/h2-6,9-10H,7-8H2,1H3,(H,19,20). The van der Waals surface area contributed by atoms with Crippen molar-refractivity contribution in [3.63, 3.8) is 0 Å². The number of ether oxygens (including phenoxy) is 1. The molecule has 2 rings (SSSR count). The topological polar surface area (TPSA) is 38.3 Å². The summed E-state index contributed by atoms with van der Waals surface area (Å²) in [6, 6.07) is 11.0. The molecule has 0 heterocycles. The molecule has 1 N–H and O–H groups in total. The molecular weight excluding hydrogens is 293 g/mol. The molecule has 0 aliphatic heterocycles. The van der Waals surface area contributed by atoms with Gasteiger partial charge in [0.2, 0.25) is 0 Å². The first-order valence-electron chi connectivity index (χ1n) is 6.49. The van der Waals surface area contributed by atoms with Crippen molar-refractivity contribution in [2.45, 2.75) is 6.92 Å². The highest BCUT2D eigenvalue weighted by Gasteiger charge is 2.06. The second-order valence-electron chi connectivity index (χ2n) is 4.55. The van der Waals surface area contributed by atoms with Crippen LogP contribution in [0, 0.1) is 12.7 Å². The minimum absolute atomic E-state index is 0.281. The average molecular weight is 308 g/mol. The van der Waals surface area contributed by atoms with Crippen LogP contribution in [0.15, 0.2) is 42.5 Å². The monoisotopic (exact) mass is 307 g/mol. The van der Waals surface area contributed by atoms with E-state index in [9.17, 15) is 9.18 Å². The van der Waals surface area contributed by atoms with E-state index in [0.29, 0.717) is 17.3 Å². The van der Waals surface area contributed by atoms with E-state index in [1.807, 2.05) is 19.1 Å². The average Bonchev–Trinajstić information content (AvgIpc) is 2.46. The fourth-order valence-electron chi connectivity index (χ4n) is 1.78. The Morgan fingerprint density at radius 3 is 2.86 bits per heavy atom. The van der Waals surface area contributed by atoms with Gasteiger partial charge in [-0.15, -0.1) is 0 Å². The minimum Gasteiger partial charge on any atom is -0.490 e. The van der Waals surface area contributed by atoms with Crippen molar-refractivity contribution >= 4 is 17.5 Å². The second kappa shape index (κ2) is 7.09. The van der Waals surface area contributed by atoms with Crippen LogP contribution < -0.4 is 10.1 Å². The molecule has 0 aliphatic carbocycles. The van der Waals surface area contributed by atoms with Gasteiger partial charge in [0.05, 0.1) is 11.6 Å². The number of rotatable bonds is 5. The maximum absolute atomic E-state index is 13.0. The van der Waals surface area contributed by atoms with Gasteiger partial charge in [-0.3, -0.25) is 4.79 Å². The summed E-state index contributed by atoms with van der Waals surface area (Å²) >= 11 is 6.00. The van der Waals surface area contributed by atoms with Gasteiger partial charge in [0.15, 0.2) is 0 Å². The van der Waals surface area contributed by atoms with Gasteiger partial charge in [0.25, 0.3) is 5.91 Å². The molecule has 0 saturated heterocycles. The molecule has 2 aromatic rings. The lowest BCUT2D eigenvalue weighted by molar-refractivity contribution is 0.0946. The van der Waals surface area contributed by atoms with Gasteiger partial charge in [0.1, 0.15) is 18.2 Å². The summed E-state index contributed by atoms with van der Waals surface area (Å²) in [5, 5.41) is 3.18. The van der Waals surface area contributed by atoms with Crippen molar-refractivity contribution in [2.24, 2.45) is 0 Å². The first kappa shape index (κ1) is 15.3. The highest BCUT2D eigenvalue weighted by Crippen LogP contribution is 2.24. The molecule has 110 valence electrons. The number of benzene rings is 2. The molecule has 5 heteroatoms. The largest absolute Gasteiger partial charge is 0.490 e. The van der Waals surface area contributed by atoms with Crippen molar-refractivity contribution in [3.05, 3.63) is 64.4 Å². The third-order valence-electron chi connectivity index (χ3n) is 2.82. The van der Waals surface area contributed by atoms with Crippen LogP contribution in [0.5, 0.6) is 5.75 Å². The number of carbonyl (C=O) groups excluding carboxylic acids is 1. The van der Waals surface area contributed by atoms with E-state index in [1.165, 1.54) is 18.2 Å². The van der Waals surface area contributed by atoms with Gasteiger partial charge < -0.3 is 10.1 Å². The van der Waals surface area contributed by atoms with Gasteiger partial charge >= 0.3 is 0 Å². The van der Waals surface area contributed by atoms with E-state index in [2.05, 4.69) is 5.32 Å². The lowest BCUT2D eigenvalue weighted by Gasteiger charge is -2.10. The van der Waals surface area contributed by atoms with Crippen LogP contribution in [0.3, 0.4) is 0 Å². The van der Waals surface area contributed by atoms with Crippen LogP contribution in [0.4, 0.5) is 4.39 Å². The van der Waals surface area contributed by atoms with Gasteiger partial charge in [-0.2, -0.15) is 0 Å². The molecule has 3 nitrogen and oxygen atoms in total. The molecule has 0 aliphatic rings. The third kappa shape index (κ3) is 4.46. The van der Waals surface area contributed by atoms with Gasteiger partial charge in [-0.25, -0.2) is 4.39 Å². The first-order valence-corrected chi connectivity index (χ1v) is 6.87. The molecule has 0 radical (unpaired) electrons. The number of halogens is 2. The number of carbonyl (C=O) groups is 1. The molecule has 0 aromatic heterocycles. The summed E-state index contributed by atoms with van der Waals surface area (Å²) in [7, 11) is 0. The molecule has 0 unspecified atom stereocenters. The van der Waals surface area contributed by atoms with E-state index >= 15 is 0 Å². The Bertz CT molecular complexity index is 646. The number of amides is 1. The Hall–Kier alpha value is -2.07. The zero-order valence-electron chi connectivity index (χ0n) is 11.5. The zero-order chi connectivity index (χ0) is 15.2. The van der Waals surface area contributed by atoms with E-state index in [0.717, 1.165) is 5.56 Å². The molecular formula is C16H15ClFNO2. The molecule has 0 fully saturated rings. The Morgan fingerprint density at radius 1 is 1.29 bits per heavy atom. The van der Waals surface area contributed by atoms with Gasteiger partial charge in [-0.1, -0.05) is 23.7 Å². The zero-order valence-corrected chi connectivity index (χ0v) is 12.3. The maximum atomic E-state index is 13.0. The maximum Gasteiger partial charge on any atom is 0.251 e. The molecule has 1 amide bonds. The first-order chi connectivity index (χ1) is 10.1. The van der Waals surface area contributed by atoms with Crippen molar-refractivity contribution in [2.75, 3.05) is 13.2 Å². The molecule has 0 atom stereocenters. The second-order valence-corrected chi connectivity index (χ2v) is 4.96. The lowest BCUT2D eigenvalue weighted by atomic mass is 10.2. The summed E-state index contributed by atoms with van der Waals surface area (Å²) in [6.07, 6.45) is 0. The van der Waals surface area contributed by atoms with Crippen molar-refractivity contribution in [1.29, 1.82) is 0 Å². The summed E-state index contributed by atoms with van der Waals surface area (Å²) in [5.74, 6) is -0.199. The summed E-state index contributed by atoms with van der Waals surface area (Å²) in [6.45, 7) is 2.53. The molecule has 21 heavy (non-hydrogen) atoms. The SMILES string of the molecule is Cc1ccc(Cl)c(OCCNC(=O)c2cccc(F)c2)c1. The fourth-order valence-corrected chi connectivity index (χ4v) is 1.95. The Labute approximate surface area is 127 Å². The predicted molar refractivity (Wildman–Crippen MR) is 80.4 cm³/mol. The lowest BCUT2D eigenvalue weighted by Crippen LogP contribution is -2.28. The molecule has 0 spiro atoms. The smallest absolute Gasteiger partial charge is 0.251 e. The quantitative estimate of drug-likeness (QED) is 0.857. The summed E-state index contributed by atoms with van der Waals surface area (Å²) < 4.78 is 18.5.